The Hall–Kier alpha value is -0.690. The molecule has 0 aromatic heterocycles. The van der Waals surface area contributed by atoms with Crippen LogP contribution in [0.3, 0.4) is 0 Å². The third-order valence-corrected chi connectivity index (χ3v) is 2.06. The van der Waals surface area contributed by atoms with Crippen molar-refractivity contribution in [1.29, 1.82) is 0 Å². The van der Waals surface area contributed by atoms with Crippen molar-refractivity contribution in [2.75, 3.05) is 0 Å². The number of ether oxygens (including phenoxy) is 1. The fourth-order valence-electron chi connectivity index (χ4n) is 0.768. The molecule has 0 aliphatic rings. The number of thiol groups is 1. The summed E-state index contributed by atoms with van der Waals surface area (Å²) in [5.41, 5.74) is 0. The maximum Gasteiger partial charge on any atom is 0.499 e. The quantitative estimate of drug-likeness (QED) is 0.631. The zero-order valence-electron chi connectivity index (χ0n) is 7.36. The Kier molecular flexibility index (Phi) is 3.59. The third kappa shape index (κ3) is 2.91. The van der Waals surface area contributed by atoms with E-state index in [1.807, 2.05) is 0 Å². The molecule has 0 spiro atoms. The van der Waals surface area contributed by atoms with Gasteiger partial charge in [0.1, 0.15) is 5.75 Å². The molecule has 90 valence electrons. The van der Waals surface area contributed by atoms with E-state index >= 15 is 0 Å². The van der Waals surface area contributed by atoms with Crippen molar-refractivity contribution in [3.8, 4) is 5.75 Å². The van der Waals surface area contributed by atoms with Crippen LogP contribution in [0.5, 0.6) is 5.75 Å². The molecule has 0 amide bonds. The van der Waals surface area contributed by atoms with Crippen LogP contribution in [-0.2, 0) is 0 Å². The molecule has 0 bridgehead atoms. The highest BCUT2D eigenvalue weighted by Gasteiger charge is 2.61. The number of hydrogen-bond acceptors (Lipinski definition) is 2. The molecular weight excluding hydrogens is 275 g/mol. The number of halogens is 6. The lowest BCUT2D eigenvalue weighted by Crippen LogP contribution is -2.41. The van der Waals surface area contributed by atoms with Crippen molar-refractivity contribution >= 4 is 24.2 Å². The van der Waals surface area contributed by atoms with Gasteiger partial charge in [0.25, 0.3) is 0 Å². The molecule has 0 fully saturated rings. The molecule has 0 saturated carbocycles. The van der Waals surface area contributed by atoms with E-state index in [-0.39, 0.29) is 5.02 Å². The Morgan fingerprint density at radius 2 is 1.69 bits per heavy atom. The van der Waals surface area contributed by atoms with E-state index in [0.717, 1.165) is 12.1 Å². The minimum Gasteiger partial charge on any atom is -0.424 e. The molecule has 1 aromatic carbocycles. The first-order valence-electron chi connectivity index (χ1n) is 3.75. The van der Waals surface area contributed by atoms with Gasteiger partial charge in [0.05, 0.1) is 5.02 Å². The van der Waals surface area contributed by atoms with E-state index in [1.165, 1.54) is 6.07 Å². The number of rotatable bonds is 2. The molecule has 0 unspecified atom stereocenters. The Morgan fingerprint density at radius 1 is 1.12 bits per heavy atom. The summed E-state index contributed by atoms with van der Waals surface area (Å²) < 4.78 is 63.9. The van der Waals surface area contributed by atoms with Crippen LogP contribution >= 0.6 is 24.2 Å². The maximum atomic E-state index is 12.5. The highest BCUT2D eigenvalue weighted by Crippen LogP contribution is 2.39. The standard InChI is InChI=1S/C8H4ClF5OS/c9-5-3-4(16)1-2-6(5)15-8(13,14)7(10,11)12/h1-3,16H. The number of hydrogen-bond donors (Lipinski definition) is 1. The average molecular weight is 279 g/mol. The Labute approximate surface area is 97.6 Å². The normalized spacial score (nSPS) is 12.7. The smallest absolute Gasteiger partial charge is 0.424 e. The summed E-state index contributed by atoms with van der Waals surface area (Å²) in [6, 6.07) is 3.15. The first-order chi connectivity index (χ1) is 7.13. The lowest BCUT2D eigenvalue weighted by atomic mass is 10.3. The fraction of sp³-hybridized carbons (Fsp3) is 0.250. The Balaban J connectivity index is 2.97. The minimum atomic E-state index is -5.80. The number of alkyl halides is 5. The maximum absolute atomic E-state index is 12.5. The van der Waals surface area contributed by atoms with Crippen LogP contribution in [0.1, 0.15) is 0 Å². The SMILES string of the molecule is FC(F)(F)C(F)(F)Oc1ccc(S)cc1Cl. The molecule has 0 radical (unpaired) electrons. The van der Waals surface area contributed by atoms with Gasteiger partial charge >= 0.3 is 12.3 Å². The molecular formula is C8H4ClF5OS. The second-order valence-corrected chi connectivity index (χ2v) is 3.65. The van der Waals surface area contributed by atoms with Gasteiger partial charge in [-0.05, 0) is 18.2 Å². The predicted molar refractivity (Wildman–Crippen MR) is 50.3 cm³/mol. The van der Waals surface area contributed by atoms with Gasteiger partial charge in [0, 0.05) is 4.90 Å². The summed E-state index contributed by atoms with van der Waals surface area (Å²) >= 11 is 9.23. The zero-order chi connectivity index (χ0) is 12.6. The zero-order valence-corrected chi connectivity index (χ0v) is 9.01. The lowest BCUT2D eigenvalue weighted by molar-refractivity contribution is -0.360. The van der Waals surface area contributed by atoms with Crippen molar-refractivity contribution in [2.45, 2.75) is 17.2 Å². The Morgan fingerprint density at radius 3 is 2.12 bits per heavy atom. The largest absolute Gasteiger partial charge is 0.499 e. The predicted octanol–water partition coefficient (Wildman–Crippen LogP) is 4.16. The fourth-order valence-corrected chi connectivity index (χ4v) is 1.27. The molecule has 1 rings (SSSR count). The van der Waals surface area contributed by atoms with E-state index in [0.29, 0.717) is 4.90 Å². The highest BCUT2D eigenvalue weighted by molar-refractivity contribution is 7.80. The van der Waals surface area contributed by atoms with Gasteiger partial charge in [0.15, 0.2) is 0 Å². The third-order valence-electron chi connectivity index (χ3n) is 1.48. The van der Waals surface area contributed by atoms with Crippen LogP contribution in [0.4, 0.5) is 22.0 Å². The topological polar surface area (TPSA) is 9.23 Å². The van der Waals surface area contributed by atoms with Crippen molar-refractivity contribution in [2.24, 2.45) is 0 Å². The molecule has 0 saturated heterocycles. The summed E-state index contributed by atoms with van der Waals surface area (Å²) in [5, 5.41) is -0.378. The van der Waals surface area contributed by atoms with E-state index < -0.39 is 18.0 Å². The first kappa shape index (κ1) is 13.4. The molecule has 1 aromatic rings. The average Bonchev–Trinajstić information content (AvgIpc) is 2.08. The van der Waals surface area contributed by atoms with Gasteiger partial charge in [-0.15, -0.1) is 12.6 Å². The monoisotopic (exact) mass is 278 g/mol. The molecule has 0 N–H and O–H groups in total. The highest BCUT2D eigenvalue weighted by atomic mass is 35.5. The molecule has 0 heterocycles. The van der Waals surface area contributed by atoms with Crippen molar-refractivity contribution < 1.29 is 26.7 Å². The van der Waals surface area contributed by atoms with Crippen LogP contribution in [-0.4, -0.2) is 12.3 Å². The summed E-state index contributed by atoms with van der Waals surface area (Å²) in [6.07, 6.45) is -11.1. The van der Waals surface area contributed by atoms with Crippen LogP contribution in [0.25, 0.3) is 0 Å². The van der Waals surface area contributed by atoms with Gasteiger partial charge in [-0.3, -0.25) is 0 Å². The van der Waals surface area contributed by atoms with Gasteiger partial charge in [-0.1, -0.05) is 11.6 Å². The van der Waals surface area contributed by atoms with Crippen molar-refractivity contribution in [1.82, 2.24) is 0 Å². The Bertz CT molecular complexity index is 393. The van der Waals surface area contributed by atoms with Gasteiger partial charge in [-0.25, -0.2) is 0 Å². The van der Waals surface area contributed by atoms with Gasteiger partial charge in [0.2, 0.25) is 0 Å². The molecule has 8 heteroatoms. The summed E-state index contributed by atoms with van der Waals surface area (Å²) in [6.45, 7) is 0. The van der Waals surface area contributed by atoms with E-state index in [4.69, 9.17) is 11.6 Å². The van der Waals surface area contributed by atoms with E-state index in [9.17, 15) is 22.0 Å². The van der Waals surface area contributed by atoms with Gasteiger partial charge in [-0.2, -0.15) is 22.0 Å². The van der Waals surface area contributed by atoms with Crippen LogP contribution < -0.4 is 4.74 Å². The summed E-state index contributed by atoms with van der Waals surface area (Å²) in [5.74, 6) is -0.762. The minimum absolute atomic E-state index is 0.313. The molecule has 0 aliphatic carbocycles. The van der Waals surface area contributed by atoms with Crippen LogP contribution in [0.2, 0.25) is 5.02 Å². The van der Waals surface area contributed by atoms with Crippen LogP contribution in [0, 0.1) is 0 Å². The molecule has 0 atom stereocenters. The second kappa shape index (κ2) is 4.29. The lowest BCUT2D eigenvalue weighted by Gasteiger charge is -2.20. The van der Waals surface area contributed by atoms with E-state index in [2.05, 4.69) is 17.4 Å². The first-order valence-corrected chi connectivity index (χ1v) is 4.58. The van der Waals surface area contributed by atoms with Crippen molar-refractivity contribution in [3.05, 3.63) is 23.2 Å². The summed E-state index contributed by atoms with van der Waals surface area (Å²) in [7, 11) is 0. The molecule has 16 heavy (non-hydrogen) atoms. The van der Waals surface area contributed by atoms with E-state index in [1.54, 1.807) is 0 Å². The second-order valence-electron chi connectivity index (χ2n) is 2.73. The molecule has 0 aliphatic heterocycles. The van der Waals surface area contributed by atoms with Gasteiger partial charge < -0.3 is 4.74 Å². The number of benzene rings is 1. The molecule has 1 nitrogen and oxygen atoms in total. The van der Waals surface area contributed by atoms with Crippen LogP contribution in [0.15, 0.2) is 23.1 Å². The van der Waals surface area contributed by atoms with Crippen molar-refractivity contribution in [3.63, 3.8) is 0 Å². The summed E-state index contributed by atoms with van der Waals surface area (Å²) in [4.78, 5) is 0.313.